The lowest BCUT2D eigenvalue weighted by molar-refractivity contribution is 0.964. The third-order valence-electron chi connectivity index (χ3n) is 3.35. The molecule has 0 fully saturated rings. The molecule has 0 aromatic carbocycles. The van der Waals surface area contributed by atoms with Crippen molar-refractivity contribution in [1.29, 1.82) is 0 Å². The fraction of sp³-hybridized carbons (Fsp3) is 0.0625. The van der Waals surface area contributed by atoms with E-state index in [1.807, 2.05) is 13.0 Å². The molecule has 0 N–H and O–H groups in total. The molecule has 4 aromatic rings. The number of rotatable bonds is 3. The summed E-state index contributed by atoms with van der Waals surface area (Å²) in [6.45, 7) is 1.81. The van der Waals surface area contributed by atoms with Crippen LogP contribution in [0.4, 0.5) is 0 Å². The van der Waals surface area contributed by atoms with E-state index >= 15 is 0 Å². The number of aromatic nitrogens is 9. The van der Waals surface area contributed by atoms with Gasteiger partial charge in [-0.1, -0.05) is 0 Å². The van der Waals surface area contributed by atoms with Gasteiger partial charge in [0.2, 0.25) is 0 Å². The lowest BCUT2D eigenvalue weighted by Crippen LogP contribution is -1.98. The van der Waals surface area contributed by atoms with E-state index in [0.29, 0.717) is 40.0 Å². The van der Waals surface area contributed by atoms with Crippen LogP contribution in [0.5, 0.6) is 0 Å². The van der Waals surface area contributed by atoms with Crippen LogP contribution in [-0.2, 0) is 0 Å². The van der Waals surface area contributed by atoms with Crippen molar-refractivity contribution in [3.8, 4) is 34.2 Å². The predicted molar refractivity (Wildman–Crippen MR) is 87.6 cm³/mol. The predicted octanol–water partition coefficient (Wildman–Crippen LogP) is 1.55. The van der Waals surface area contributed by atoms with Crippen LogP contribution in [0.2, 0.25) is 0 Å². The molecule has 4 rings (SSSR count). The lowest BCUT2D eigenvalue weighted by Gasteiger charge is -2.02. The highest BCUT2D eigenvalue weighted by Gasteiger charge is 2.08. The molecule has 4 aromatic heterocycles. The van der Waals surface area contributed by atoms with E-state index < -0.39 is 0 Å². The second-order valence-corrected chi connectivity index (χ2v) is 5.08. The molecule has 0 saturated heterocycles. The third-order valence-corrected chi connectivity index (χ3v) is 3.35. The van der Waals surface area contributed by atoms with Gasteiger partial charge in [0, 0.05) is 18.6 Å². The molecule has 0 saturated carbocycles. The zero-order chi connectivity index (χ0) is 17.1. The normalized spacial score (nSPS) is 10.6. The van der Waals surface area contributed by atoms with Crippen molar-refractivity contribution in [2.45, 2.75) is 6.92 Å². The van der Waals surface area contributed by atoms with E-state index in [1.165, 1.54) is 0 Å². The van der Waals surface area contributed by atoms with Gasteiger partial charge in [0.05, 0.1) is 24.2 Å². The SMILES string of the molecule is Cc1ncc(-c2ncc(-c3cnc(-c4cccnn4)cn3)nn2)cn1. The Balaban J connectivity index is 1.59. The molecule has 4 heterocycles. The van der Waals surface area contributed by atoms with Crippen molar-refractivity contribution >= 4 is 0 Å². The zero-order valence-electron chi connectivity index (χ0n) is 13.1. The maximum Gasteiger partial charge on any atom is 0.184 e. The molecular weight excluding hydrogens is 318 g/mol. The van der Waals surface area contributed by atoms with Crippen molar-refractivity contribution in [3.63, 3.8) is 0 Å². The van der Waals surface area contributed by atoms with E-state index in [0.717, 1.165) is 0 Å². The zero-order valence-corrected chi connectivity index (χ0v) is 13.1. The van der Waals surface area contributed by atoms with E-state index in [-0.39, 0.29) is 0 Å². The average Bonchev–Trinajstić information content (AvgIpc) is 2.70. The Kier molecular flexibility index (Phi) is 3.79. The maximum absolute atomic E-state index is 4.34. The summed E-state index contributed by atoms with van der Waals surface area (Å²) in [6.07, 6.45) is 9.73. The monoisotopic (exact) mass is 329 g/mol. The standard InChI is InChI=1S/C16H11N9/c1-10-17-5-11(6-18-10)16-21-9-15(24-25-16)14-8-19-13(7-20-14)12-3-2-4-22-23-12/h2-9H,1H3. The summed E-state index contributed by atoms with van der Waals surface area (Å²) < 4.78 is 0. The van der Waals surface area contributed by atoms with Gasteiger partial charge in [0.15, 0.2) is 5.82 Å². The van der Waals surface area contributed by atoms with E-state index in [2.05, 4.69) is 45.3 Å². The molecule has 0 aliphatic carbocycles. The highest BCUT2D eigenvalue weighted by molar-refractivity contribution is 5.58. The second kappa shape index (κ2) is 6.40. The summed E-state index contributed by atoms with van der Waals surface area (Å²) in [5.74, 6) is 1.14. The van der Waals surface area contributed by atoms with Crippen molar-refractivity contribution in [1.82, 2.24) is 45.3 Å². The number of aryl methyl sites for hydroxylation is 1. The van der Waals surface area contributed by atoms with Gasteiger partial charge in [0.1, 0.15) is 28.6 Å². The van der Waals surface area contributed by atoms with Crippen LogP contribution in [0.25, 0.3) is 34.2 Å². The van der Waals surface area contributed by atoms with Crippen molar-refractivity contribution in [2.24, 2.45) is 0 Å². The highest BCUT2D eigenvalue weighted by Crippen LogP contribution is 2.17. The molecule has 0 unspecified atom stereocenters. The number of hydrogen-bond donors (Lipinski definition) is 0. The Morgan fingerprint density at radius 1 is 0.640 bits per heavy atom. The quantitative estimate of drug-likeness (QED) is 0.551. The topological polar surface area (TPSA) is 116 Å². The molecule has 0 amide bonds. The Morgan fingerprint density at radius 2 is 1.36 bits per heavy atom. The van der Waals surface area contributed by atoms with Gasteiger partial charge in [0.25, 0.3) is 0 Å². The van der Waals surface area contributed by atoms with Gasteiger partial charge in [-0.2, -0.15) is 5.10 Å². The van der Waals surface area contributed by atoms with Gasteiger partial charge in [-0.15, -0.1) is 15.3 Å². The molecule has 0 atom stereocenters. The van der Waals surface area contributed by atoms with E-state index in [1.54, 1.807) is 43.2 Å². The van der Waals surface area contributed by atoms with Crippen LogP contribution in [0.1, 0.15) is 5.82 Å². The van der Waals surface area contributed by atoms with Crippen LogP contribution in [0.15, 0.2) is 49.3 Å². The first-order chi connectivity index (χ1) is 12.3. The molecule has 9 heteroatoms. The van der Waals surface area contributed by atoms with Crippen molar-refractivity contribution < 1.29 is 0 Å². The summed E-state index contributed by atoms with van der Waals surface area (Å²) >= 11 is 0. The van der Waals surface area contributed by atoms with Crippen LogP contribution in [0, 0.1) is 6.92 Å². The Morgan fingerprint density at radius 3 is 1.96 bits per heavy atom. The first-order valence-electron chi connectivity index (χ1n) is 7.39. The smallest absolute Gasteiger partial charge is 0.184 e. The van der Waals surface area contributed by atoms with E-state index in [9.17, 15) is 0 Å². The molecule has 0 radical (unpaired) electrons. The van der Waals surface area contributed by atoms with Gasteiger partial charge >= 0.3 is 0 Å². The Labute approximate surface area is 142 Å². The minimum atomic E-state index is 0.452. The van der Waals surface area contributed by atoms with Gasteiger partial charge in [-0.3, -0.25) is 9.97 Å². The fourth-order valence-corrected chi connectivity index (χ4v) is 2.06. The van der Waals surface area contributed by atoms with Gasteiger partial charge < -0.3 is 0 Å². The van der Waals surface area contributed by atoms with Crippen LogP contribution in [-0.4, -0.2) is 45.3 Å². The van der Waals surface area contributed by atoms with Crippen LogP contribution in [0.3, 0.4) is 0 Å². The highest BCUT2D eigenvalue weighted by atomic mass is 15.2. The summed E-state index contributed by atoms with van der Waals surface area (Å²) in [6, 6.07) is 3.61. The fourth-order valence-electron chi connectivity index (χ4n) is 2.06. The van der Waals surface area contributed by atoms with Gasteiger partial charge in [-0.05, 0) is 19.1 Å². The minimum absolute atomic E-state index is 0.452. The summed E-state index contributed by atoms with van der Waals surface area (Å²) in [5, 5.41) is 16.1. The van der Waals surface area contributed by atoms with Crippen molar-refractivity contribution in [2.75, 3.05) is 0 Å². The summed E-state index contributed by atoms with van der Waals surface area (Å²) in [7, 11) is 0. The minimum Gasteiger partial charge on any atom is -0.251 e. The Hall–Kier alpha value is -3.75. The van der Waals surface area contributed by atoms with Crippen molar-refractivity contribution in [3.05, 3.63) is 55.1 Å². The molecule has 0 bridgehead atoms. The molecule has 0 spiro atoms. The van der Waals surface area contributed by atoms with Crippen LogP contribution >= 0.6 is 0 Å². The third kappa shape index (κ3) is 3.15. The van der Waals surface area contributed by atoms with Gasteiger partial charge in [-0.25, -0.2) is 15.0 Å². The number of hydrogen-bond acceptors (Lipinski definition) is 9. The molecule has 9 nitrogen and oxygen atoms in total. The molecular formula is C16H11N9. The summed E-state index contributed by atoms with van der Waals surface area (Å²) in [4.78, 5) is 21.2. The largest absolute Gasteiger partial charge is 0.251 e. The first-order valence-corrected chi connectivity index (χ1v) is 7.39. The molecule has 0 aliphatic rings. The first kappa shape index (κ1) is 14.8. The van der Waals surface area contributed by atoms with Crippen LogP contribution < -0.4 is 0 Å². The molecule has 25 heavy (non-hydrogen) atoms. The summed E-state index contributed by atoms with van der Waals surface area (Å²) in [5.41, 5.74) is 3.08. The maximum atomic E-state index is 4.34. The second-order valence-electron chi connectivity index (χ2n) is 5.08. The Bertz CT molecular complexity index is 969. The average molecular weight is 329 g/mol. The molecule has 120 valence electrons. The lowest BCUT2D eigenvalue weighted by atomic mass is 10.3. The number of nitrogens with zero attached hydrogens (tertiary/aromatic N) is 9. The van der Waals surface area contributed by atoms with E-state index in [4.69, 9.17) is 0 Å². The molecule has 0 aliphatic heterocycles.